The van der Waals surface area contributed by atoms with Crippen LogP contribution in [0.15, 0.2) is 35.5 Å². The van der Waals surface area contributed by atoms with Gasteiger partial charge < -0.3 is 5.32 Å². The van der Waals surface area contributed by atoms with Crippen molar-refractivity contribution in [2.75, 3.05) is 0 Å². The summed E-state index contributed by atoms with van der Waals surface area (Å²) in [5.74, 6) is 1.32. The molecule has 3 nitrogen and oxygen atoms in total. The first-order valence-corrected chi connectivity index (χ1v) is 8.01. The lowest BCUT2D eigenvalue weighted by Gasteiger charge is -2.20. The number of benzene rings is 1. The average Bonchev–Trinajstić information content (AvgIpc) is 3.05. The number of thiocarbonyl (C=S) groups is 1. The molecule has 21 heavy (non-hydrogen) atoms. The van der Waals surface area contributed by atoms with Gasteiger partial charge in [0, 0.05) is 6.04 Å². The Balaban J connectivity index is 1.50. The molecule has 2 aliphatic carbocycles. The second-order valence-electron chi connectivity index (χ2n) is 5.40. The van der Waals surface area contributed by atoms with Gasteiger partial charge in [-0.25, -0.2) is 0 Å². The summed E-state index contributed by atoms with van der Waals surface area (Å²) in [4.78, 5) is 0. The van der Waals surface area contributed by atoms with E-state index in [2.05, 4.69) is 28.0 Å². The van der Waals surface area contributed by atoms with Gasteiger partial charge in [0.15, 0.2) is 5.11 Å². The third-order valence-electron chi connectivity index (χ3n) is 3.92. The molecule has 2 bridgehead atoms. The highest BCUT2D eigenvalue weighted by Crippen LogP contribution is 2.38. The fourth-order valence-corrected chi connectivity index (χ4v) is 3.42. The van der Waals surface area contributed by atoms with Gasteiger partial charge in [-0.15, -0.1) is 0 Å². The molecule has 3 unspecified atom stereocenters. The third-order valence-corrected chi connectivity index (χ3v) is 4.87. The van der Waals surface area contributed by atoms with Crippen molar-refractivity contribution in [1.82, 2.24) is 10.7 Å². The summed E-state index contributed by atoms with van der Waals surface area (Å²) in [7, 11) is 0. The summed E-state index contributed by atoms with van der Waals surface area (Å²) < 4.78 is 0. The molecule has 1 aromatic rings. The van der Waals surface area contributed by atoms with Crippen molar-refractivity contribution in [1.29, 1.82) is 0 Å². The molecule has 1 fully saturated rings. The molecule has 0 aliphatic heterocycles. The highest BCUT2D eigenvalue weighted by atomic mass is 35.5. The van der Waals surface area contributed by atoms with E-state index in [1.54, 1.807) is 18.3 Å². The van der Waals surface area contributed by atoms with Gasteiger partial charge >= 0.3 is 0 Å². The number of hydrogen-bond acceptors (Lipinski definition) is 2. The summed E-state index contributed by atoms with van der Waals surface area (Å²) in [6.07, 6.45) is 8.65. The number of allylic oxidation sites excluding steroid dienone is 1. The number of halogens is 2. The van der Waals surface area contributed by atoms with Crippen LogP contribution in [0.3, 0.4) is 0 Å². The number of rotatable bonds is 3. The quantitative estimate of drug-likeness (QED) is 0.381. The Morgan fingerprint density at radius 3 is 2.76 bits per heavy atom. The van der Waals surface area contributed by atoms with Crippen LogP contribution in [0.5, 0.6) is 0 Å². The smallest absolute Gasteiger partial charge is 0.187 e. The molecule has 2 aliphatic rings. The second-order valence-corrected chi connectivity index (χ2v) is 6.63. The lowest BCUT2D eigenvalue weighted by molar-refractivity contribution is 0.521. The van der Waals surface area contributed by atoms with Crippen LogP contribution in [-0.2, 0) is 0 Å². The van der Waals surface area contributed by atoms with E-state index in [-0.39, 0.29) is 0 Å². The van der Waals surface area contributed by atoms with Crippen LogP contribution in [0.1, 0.15) is 18.4 Å². The Morgan fingerprint density at radius 1 is 1.24 bits per heavy atom. The summed E-state index contributed by atoms with van der Waals surface area (Å²) in [6.45, 7) is 0. The zero-order chi connectivity index (χ0) is 14.8. The van der Waals surface area contributed by atoms with Crippen molar-refractivity contribution in [3.63, 3.8) is 0 Å². The number of hydrogen-bond donors (Lipinski definition) is 2. The number of hydrazone groups is 1. The van der Waals surface area contributed by atoms with Crippen molar-refractivity contribution < 1.29 is 0 Å². The van der Waals surface area contributed by atoms with Crippen LogP contribution >= 0.6 is 35.4 Å². The van der Waals surface area contributed by atoms with Crippen molar-refractivity contribution in [2.45, 2.75) is 18.9 Å². The van der Waals surface area contributed by atoms with Gasteiger partial charge in [-0.05, 0) is 54.6 Å². The Morgan fingerprint density at radius 2 is 2.10 bits per heavy atom. The van der Waals surface area contributed by atoms with E-state index in [0.29, 0.717) is 27.1 Å². The van der Waals surface area contributed by atoms with Crippen molar-refractivity contribution in [2.24, 2.45) is 16.9 Å². The van der Waals surface area contributed by atoms with Crippen molar-refractivity contribution in [3.8, 4) is 0 Å². The summed E-state index contributed by atoms with van der Waals surface area (Å²) >= 11 is 17.1. The summed E-state index contributed by atoms with van der Waals surface area (Å²) in [5.41, 5.74) is 3.70. The first kappa shape index (κ1) is 14.8. The van der Waals surface area contributed by atoms with Gasteiger partial charge in [0.2, 0.25) is 0 Å². The maximum absolute atomic E-state index is 5.95. The van der Waals surface area contributed by atoms with E-state index < -0.39 is 0 Å². The Labute approximate surface area is 139 Å². The maximum Gasteiger partial charge on any atom is 0.187 e. The monoisotopic (exact) mass is 339 g/mol. The van der Waals surface area contributed by atoms with Crippen LogP contribution in [0, 0.1) is 11.8 Å². The molecule has 0 aromatic heterocycles. The van der Waals surface area contributed by atoms with E-state index in [9.17, 15) is 0 Å². The standard InChI is InChI=1S/C15H15Cl2N3S/c16-12-4-2-10(6-13(12)17)8-18-20-15(21)19-14-7-9-1-3-11(14)5-9/h1-4,6,8-9,11,14H,5,7H2,(H2,19,20,21)/b18-8+. The molecule has 0 radical (unpaired) electrons. The molecule has 110 valence electrons. The third kappa shape index (κ3) is 3.57. The van der Waals surface area contributed by atoms with Crippen LogP contribution in [0.25, 0.3) is 0 Å². The van der Waals surface area contributed by atoms with Crippen molar-refractivity contribution >= 4 is 46.7 Å². The largest absolute Gasteiger partial charge is 0.358 e. The Kier molecular flexibility index (Phi) is 4.48. The normalized spacial score (nSPS) is 26.5. The Hall–Kier alpha value is -1.10. The summed E-state index contributed by atoms with van der Waals surface area (Å²) in [5, 5.41) is 9.04. The van der Waals surface area contributed by atoms with Gasteiger partial charge in [-0.2, -0.15) is 5.10 Å². The van der Waals surface area contributed by atoms with Gasteiger partial charge in [0.25, 0.3) is 0 Å². The van der Waals surface area contributed by atoms with Gasteiger partial charge in [0.05, 0.1) is 16.3 Å². The fraction of sp³-hybridized carbons (Fsp3) is 0.333. The minimum atomic E-state index is 0.431. The molecule has 0 spiro atoms. The molecule has 6 heteroatoms. The fourth-order valence-electron chi connectivity index (χ4n) is 2.91. The second kappa shape index (κ2) is 6.34. The molecule has 3 rings (SSSR count). The summed E-state index contributed by atoms with van der Waals surface area (Å²) in [6, 6.07) is 5.77. The predicted octanol–water partition coefficient (Wildman–Crippen LogP) is 3.76. The molecule has 0 amide bonds. The predicted molar refractivity (Wildman–Crippen MR) is 92.1 cm³/mol. The molecular formula is C15H15Cl2N3S. The van der Waals surface area contributed by atoms with E-state index in [1.807, 2.05) is 6.07 Å². The van der Waals surface area contributed by atoms with Gasteiger partial charge in [-0.1, -0.05) is 41.4 Å². The lowest BCUT2D eigenvalue weighted by Crippen LogP contribution is -2.42. The first-order valence-electron chi connectivity index (χ1n) is 6.85. The SMILES string of the molecule is S=C(N/N=C/c1ccc(Cl)c(Cl)c1)NC1CC2C=CC1C2. The lowest BCUT2D eigenvalue weighted by atomic mass is 10.0. The highest BCUT2D eigenvalue weighted by Gasteiger charge is 2.35. The number of fused-ring (bicyclic) bond motifs is 2. The van der Waals surface area contributed by atoms with E-state index >= 15 is 0 Å². The van der Waals surface area contributed by atoms with Crippen LogP contribution < -0.4 is 10.7 Å². The van der Waals surface area contributed by atoms with Crippen LogP contribution in [0.4, 0.5) is 0 Å². The molecular weight excluding hydrogens is 325 g/mol. The van der Waals surface area contributed by atoms with Crippen LogP contribution in [-0.4, -0.2) is 17.4 Å². The molecule has 3 atom stereocenters. The van der Waals surface area contributed by atoms with Gasteiger partial charge in [-0.3, -0.25) is 5.43 Å². The number of nitrogens with zero attached hydrogens (tertiary/aromatic N) is 1. The van der Waals surface area contributed by atoms with Crippen molar-refractivity contribution in [3.05, 3.63) is 46.0 Å². The average molecular weight is 340 g/mol. The molecule has 1 saturated carbocycles. The van der Waals surface area contributed by atoms with E-state index in [4.69, 9.17) is 35.4 Å². The molecule has 2 N–H and O–H groups in total. The van der Waals surface area contributed by atoms with Crippen LogP contribution in [0.2, 0.25) is 10.0 Å². The zero-order valence-corrected chi connectivity index (χ0v) is 13.6. The maximum atomic E-state index is 5.95. The van der Waals surface area contributed by atoms with E-state index in [0.717, 1.165) is 17.9 Å². The highest BCUT2D eigenvalue weighted by molar-refractivity contribution is 7.80. The molecule has 0 heterocycles. The Bertz CT molecular complexity index is 615. The van der Waals surface area contributed by atoms with E-state index in [1.165, 1.54) is 6.42 Å². The molecule has 1 aromatic carbocycles. The topological polar surface area (TPSA) is 36.4 Å². The molecule has 0 saturated heterocycles. The first-order chi connectivity index (χ1) is 10.1. The zero-order valence-electron chi connectivity index (χ0n) is 11.2. The number of nitrogens with one attached hydrogen (secondary N) is 2. The van der Waals surface area contributed by atoms with Gasteiger partial charge in [0.1, 0.15) is 0 Å². The minimum absolute atomic E-state index is 0.431. The minimum Gasteiger partial charge on any atom is -0.358 e.